The molecule has 0 bridgehead atoms. The first kappa shape index (κ1) is 19.9. The lowest BCUT2D eigenvalue weighted by atomic mass is 10.1. The number of carbonyl (C=O) groups excluding carboxylic acids is 3. The van der Waals surface area contributed by atoms with Crippen molar-refractivity contribution in [2.24, 2.45) is 0 Å². The Morgan fingerprint density at radius 3 is 2.41 bits per heavy atom. The van der Waals surface area contributed by atoms with E-state index in [1.807, 2.05) is 0 Å². The van der Waals surface area contributed by atoms with Crippen LogP contribution in [0.25, 0.3) is 10.8 Å². The van der Waals surface area contributed by atoms with Gasteiger partial charge in [-0.05, 0) is 30.3 Å². The zero-order chi connectivity index (χ0) is 20.8. The molecule has 0 unspecified atom stereocenters. The fourth-order valence-electron chi connectivity index (χ4n) is 2.71. The van der Waals surface area contributed by atoms with Crippen LogP contribution in [0.5, 0.6) is 0 Å². The summed E-state index contributed by atoms with van der Waals surface area (Å²) in [6.07, 6.45) is 0.183. The van der Waals surface area contributed by atoms with E-state index in [0.29, 0.717) is 34.1 Å². The Morgan fingerprint density at radius 2 is 1.72 bits per heavy atom. The number of rotatable bonds is 7. The van der Waals surface area contributed by atoms with Crippen LogP contribution in [-0.2, 0) is 20.7 Å². The summed E-state index contributed by atoms with van der Waals surface area (Å²) in [5.74, 6) is -1.12. The molecular formula is C21H19N3O5. The third-order valence-corrected chi connectivity index (χ3v) is 4.26. The van der Waals surface area contributed by atoms with Crippen LogP contribution in [0.1, 0.15) is 29.4 Å². The molecule has 0 spiro atoms. The van der Waals surface area contributed by atoms with Crippen molar-refractivity contribution in [1.82, 2.24) is 10.2 Å². The summed E-state index contributed by atoms with van der Waals surface area (Å²) in [4.78, 5) is 47.5. The van der Waals surface area contributed by atoms with Crippen LogP contribution in [0, 0.1) is 0 Å². The third kappa shape index (κ3) is 4.92. The number of nitrogens with one attached hydrogen (secondary N) is 2. The quantitative estimate of drug-likeness (QED) is 0.469. The number of H-pyrrole nitrogens is 1. The first-order valence-corrected chi connectivity index (χ1v) is 9.03. The van der Waals surface area contributed by atoms with Crippen molar-refractivity contribution in [2.75, 3.05) is 11.9 Å². The number of fused-ring (bicyclic) bond motifs is 1. The highest BCUT2D eigenvalue weighted by atomic mass is 16.5. The molecule has 0 radical (unpaired) electrons. The molecule has 0 aliphatic carbocycles. The van der Waals surface area contributed by atoms with Crippen LogP contribution in [0.3, 0.4) is 0 Å². The third-order valence-electron chi connectivity index (χ3n) is 4.26. The summed E-state index contributed by atoms with van der Waals surface area (Å²) in [5, 5.41) is 9.94. The summed E-state index contributed by atoms with van der Waals surface area (Å²) in [7, 11) is 0. The van der Waals surface area contributed by atoms with Gasteiger partial charge >= 0.3 is 5.97 Å². The van der Waals surface area contributed by atoms with E-state index < -0.39 is 12.6 Å². The van der Waals surface area contributed by atoms with Crippen LogP contribution >= 0.6 is 0 Å². The molecule has 0 saturated carbocycles. The second-order valence-electron chi connectivity index (χ2n) is 6.28. The standard InChI is InChI=1S/C21H19N3O5/c1-2-19(26)22-14-9-7-13(8-10-14)18(25)12-29-20(27)11-17-15-5-3-4-6-16(15)21(28)24-23-17/h3-10H,2,11-12H2,1H3,(H,22,26)(H,24,28). The number of hydrogen-bond donors (Lipinski definition) is 2. The minimum atomic E-state index is -0.630. The highest BCUT2D eigenvalue weighted by molar-refractivity contribution is 5.99. The minimum Gasteiger partial charge on any atom is -0.457 e. The number of nitrogens with zero attached hydrogens (tertiary/aromatic N) is 1. The number of carbonyl (C=O) groups is 3. The SMILES string of the molecule is CCC(=O)Nc1ccc(C(=O)COC(=O)Cc2n[nH]c(=O)c3ccccc23)cc1. The maximum atomic E-state index is 12.2. The van der Waals surface area contributed by atoms with Gasteiger partial charge in [0.15, 0.2) is 12.4 Å². The van der Waals surface area contributed by atoms with Crippen molar-refractivity contribution >= 4 is 34.1 Å². The van der Waals surface area contributed by atoms with Gasteiger partial charge in [-0.3, -0.25) is 19.2 Å². The Kier molecular flexibility index (Phi) is 6.13. The number of aromatic nitrogens is 2. The average molecular weight is 393 g/mol. The van der Waals surface area contributed by atoms with E-state index >= 15 is 0 Å². The van der Waals surface area contributed by atoms with Crippen LogP contribution in [-0.4, -0.2) is 34.5 Å². The molecule has 3 aromatic rings. The molecule has 0 saturated heterocycles. The molecule has 1 heterocycles. The molecule has 2 N–H and O–H groups in total. The Morgan fingerprint density at radius 1 is 1.03 bits per heavy atom. The predicted octanol–water partition coefficient (Wildman–Crippen LogP) is 2.24. The number of esters is 1. The van der Waals surface area contributed by atoms with Crippen LogP contribution in [0.2, 0.25) is 0 Å². The lowest BCUT2D eigenvalue weighted by Gasteiger charge is -2.07. The van der Waals surface area contributed by atoms with Crippen molar-refractivity contribution in [3.63, 3.8) is 0 Å². The number of ketones is 1. The van der Waals surface area contributed by atoms with E-state index in [1.54, 1.807) is 55.5 Å². The maximum absolute atomic E-state index is 12.2. The highest BCUT2D eigenvalue weighted by Gasteiger charge is 2.14. The number of ether oxygens (including phenoxy) is 1. The second-order valence-corrected chi connectivity index (χ2v) is 6.28. The second kappa shape index (κ2) is 8.92. The summed E-state index contributed by atoms with van der Waals surface area (Å²) in [6, 6.07) is 13.1. The van der Waals surface area contributed by atoms with Gasteiger partial charge in [0.2, 0.25) is 5.91 Å². The fraction of sp³-hybridized carbons (Fsp3) is 0.190. The zero-order valence-corrected chi connectivity index (χ0v) is 15.7. The van der Waals surface area contributed by atoms with Gasteiger partial charge in [-0.15, -0.1) is 0 Å². The monoisotopic (exact) mass is 393 g/mol. The number of amides is 1. The minimum absolute atomic E-state index is 0.124. The van der Waals surface area contributed by atoms with Crippen molar-refractivity contribution in [3.8, 4) is 0 Å². The summed E-state index contributed by atoms with van der Waals surface area (Å²) in [5.41, 5.74) is 0.974. The normalized spacial score (nSPS) is 10.5. The van der Waals surface area contributed by atoms with E-state index in [2.05, 4.69) is 15.5 Å². The van der Waals surface area contributed by atoms with Crippen molar-refractivity contribution in [3.05, 3.63) is 70.1 Å². The van der Waals surface area contributed by atoms with Gasteiger partial charge in [-0.2, -0.15) is 5.10 Å². The van der Waals surface area contributed by atoms with E-state index in [0.717, 1.165) is 0 Å². The predicted molar refractivity (Wildman–Crippen MR) is 107 cm³/mol. The van der Waals surface area contributed by atoms with Gasteiger partial charge in [0, 0.05) is 23.1 Å². The van der Waals surface area contributed by atoms with Crippen molar-refractivity contribution in [2.45, 2.75) is 19.8 Å². The lowest BCUT2D eigenvalue weighted by molar-refractivity contribution is -0.141. The Balaban J connectivity index is 1.60. The smallest absolute Gasteiger partial charge is 0.312 e. The molecule has 29 heavy (non-hydrogen) atoms. The molecule has 1 aromatic heterocycles. The maximum Gasteiger partial charge on any atom is 0.312 e. The van der Waals surface area contributed by atoms with E-state index in [4.69, 9.17) is 4.74 Å². The van der Waals surface area contributed by atoms with Gasteiger partial charge in [-0.1, -0.05) is 25.1 Å². The molecular weight excluding hydrogens is 374 g/mol. The Bertz CT molecular complexity index is 1120. The molecule has 8 heteroatoms. The van der Waals surface area contributed by atoms with Crippen molar-refractivity contribution in [1.29, 1.82) is 0 Å². The molecule has 1 amide bonds. The molecule has 3 rings (SSSR count). The van der Waals surface area contributed by atoms with Gasteiger partial charge in [-0.25, -0.2) is 5.10 Å². The van der Waals surface area contributed by atoms with Crippen molar-refractivity contribution < 1.29 is 19.1 Å². The summed E-state index contributed by atoms with van der Waals surface area (Å²) < 4.78 is 5.06. The number of benzene rings is 2. The van der Waals surface area contributed by atoms with E-state index in [-0.39, 0.29) is 23.7 Å². The fourth-order valence-corrected chi connectivity index (χ4v) is 2.71. The molecule has 148 valence electrons. The molecule has 8 nitrogen and oxygen atoms in total. The average Bonchev–Trinajstić information content (AvgIpc) is 2.74. The summed E-state index contributed by atoms with van der Waals surface area (Å²) in [6.45, 7) is 1.33. The highest BCUT2D eigenvalue weighted by Crippen LogP contribution is 2.14. The van der Waals surface area contributed by atoms with Crippen LogP contribution in [0.15, 0.2) is 53.3 Å². The van der Waals surface area contributed by atoms with Gasteiger partial charge in [0.25, 0.3) is 5.56 Å². The van der Waals surface area contributed by atoms with Crippen LogP contribution in [0.4, 0.5) is 5.69 Å². The Labute approximate surface area is 165 Å². The molecule has 2 aromatic carbocycles. The van der Waals surface area contributed by atoms with Crippen LogP contribution < -0.4 is 10.9 Å². The molecule has 0 atom stereocenters. The first-order chi connectivity index (χ1) is 14.0. The first-order valence-electron chi connectivity index (χ1n) is 9.03. The Hall–Kier alpha value is -3.81. The van der Waals surface area contributed by atoms with Gasteiger partial charge in [0.05, 0.1) is 17.5 Å². The number of anilines is 1. The van der Waals surface area contributed by atoms with E-state index in [9.17, 15) is 19.2 Å². The molecule has 0 fully saturated rings. The number of Topliss-reactive ketones (excluding diaryl/α,β-unsaturated/α-hetero) is 1. The van der Waals surface area contributed by atoms with E-state index in [1.165, 1.54) is 0 Å². The van der Waals surface area contributed by atoms with Gasteiger partial charge < -0.3 is 10.1 Å². The molecule has 0 aliphatic rings. The largest absolute Gasteiger partial charge is 0.457 e. The number of hydrogen-bond acceptors (Lipinski definition) is 6. The van der Waals surface area contributed by atoms with Gasteiger partial charge in [0.1, 0.15) is 0 Å². The summed E-state index contributed by atoms with van der Waals surface area (Å²) >= 11 is 0. The lowest BCUT2D eigenvalue weighted by Crippen LogP contribution is -2.18. The molecule has 0 aliphatic heterocycles. The zero-order valence-electron chi connectivity index (χ0n) is 15.7. The topological polar surface area (TPSA) is 118 Å². The number of aromatic amines is 1.